The summed E-state index contributed by atoms with van der Waals surface area (Å²) < 4.78 is 26.9. The minimum absolute atomic E-state index is 0.164. The van der Waals surface area contributed by atoms with Crippen molar-refractivity contribution in [3.05, 3.63) is 29.8 Å². The Labute approximate surface area is 114 Å². The Balaban J connectivity index is 2.04. The molecule has 1 fully saturated rings. The molecule has 4 nitrogen and oxygen atoms in total. The lowest BCUT2D eigenvalue weighted by molar-refractivity contribution is 0.498. The molecule has 0 spiro atoms. The van der Waals surface area contributed by atoms with Gasteiger partial charge in [0, 0.05) is 6.54 Å². The van der Waals surface area contributed by atoms with E-state index in [0.29, 0.717) is 23.9 Å². The molecule has 0 radical (unpaired) electrons. The molecule has 5 heteroatoms. The smallest absolute Gasteiger partial charge is 0.211 e. The van der Waals surface area contributed by atoms with E-state index in [1.165, 1.54) is 18.6 Å². The fourth-order valence-electron chi connectivity index (χ4n) is 2.55. The predicted octanol–water partition coefficient (Wildman–Crippen LogP) is 2.27. The van der Waals surface area contributed by atoms with E-state index in [0.717, 1.165) is 12.8 Å². The molecule has 0 aliphatic heterocycles. The van der Waals surface area contributed by atoms with Gasteiger partial charge in [0.2, 0.25) is 10.0 Å². The van der Waals surface area contributed by atoms with Crippen molar-refractivity contribution < 1.29 is 8.42 Å². The van der Waals surface area contributed by atoms with Gasteiger partial charge in [-0.3, -0.25) is 0 Å². The van der Waals surface area contributed by atoms with E-state index in [1.807, 2.05) is 6.07 Å². The summed E-state index contributed by atoms with van der Waals surface area (Å²) in [6, 6.07) is 8.05. The van der Waals surface area contributed by atoms with Crippen molar-refractivity contribution in [1.29, 1.82) is 5.26 Å². The third kappa shape index (κ3) is 3.55. The predicted molar refractivity (Wildman–Crippen MR) is 72.9 cm³/mol. The Hall–Kier alpha value is -1.38. The molecule has 2 rings (SSSR count). The molecule has 0 bridgehead atoms. The summed E-state index contributed by atoms with van der Waals surface area (Å²) in [5.74, 6) is 1.13. The number of sulfonamides is 1. The maximum atomic E-state index is 12.1. The molecule has 0 amide bonds. The number of hydrogen-bond donors (Lipinski definition) is 1. The topological polar surface area (TPSA) is 70.0 Å². The average molecular weight is 278 g/mol. The zero-order chi connectivity index (χ0) is 13.9. The summed E-state index contributed by atoms with van der Waals surface area (Å²) in [6.07, 6.45) is 3.35. The quantitative estimate of drug-likeness (QED) is 0.918. The fraction of sp³-hybridized carbons (Fsp3) is 0.500. The van der Waals surface area contributed by atoms with Crippen molar-refractivity contribution in [3.63, 3.8) is 0 Å². The zero-order valence-corrected chi connectivity index (χ0v) is 11.8. The summed E-state index contributed by atoms with van der Waals surface area (Å²) in [5.41, 5.74) is 0.359. The van der Waals surface area contributed by atoms with Gasteiger partial charge in [-0.2, -0.15) is 5.26 Å². The van der Waals surface area contributed by atoms with Gasteiger partial charge in [-0.25, -0.2) is 13.1 Å². The molecular formula is C14H18N2O2S. The first-order valence-corrected chi connectivity index (χ1v) is 7.99. The van der Waals surface area contributed by atoms with Gasteiger partial charge in [0.05, 0.1) is 16.5 Å². The molecule has 19 heavy (non-hydrogen) atoms. The van der Waals surface area contributed by atoms with Crippen LogP contribution in [0.2, 0.25) is 0 Å². The normalized spacial score (nSPS) is 23.2. The highest BCUT2D eigenvalue weighted by Crippen LogP contribution is 2.29. The number of rotatable bonds is 4. The second-order valence-corrected chi connectivity index (χ2v) is 7.04. The molecule has 2 unspecified atom stereocenters. The maximum absolute atomic E-state index is 12.1. The number of benzene rings is 1. The zero-order valence-electron chi connectivity index (χ0n) is 11.0. The van der Waals surface area contributed by atoms with E-state index >= 15 is 0 Å². The van der Waals surface area contributed by atoms with Gasteiger partial charge in [0.25, 0.3) is 0 Å². The maximum Gasteiger partial charge on any atom is 0.240 e. The third-order valence-corrected chi connectivity index (χ3v) is 5.06. The second kappa shape index (κ2) is 5.72. The summed E-state index contributed by atoms with van der Waals surface area (Å²) >= 11 is 0. The van der Waals surface area contributed by atoms with Crippen molar-refractivity contribution in [3.8, 4) is 6.07 Å². The Morgan fingerprint density at radius 3 is 2.84 bits per heavy atom. The van der Waals surface area contributed by atoms with Gasteiger partial charge in [-0.05, 0) is 42.9 Å². The van der Waals surface area contributed by atoms with Crippen LogP contribution in [0, 0.1) is 23.2 Å². The Morgan fingerprint density at radius 2 is 2.21 bits per heavy atom. The number of hydrogen-bond acceptors (Lipinski definition) is 3. The molecule has 1 N–H and O–H groups in total. The van der Waals surface area contributed by atoms with E-state index in [1.54, 1.807) is 12.1 Å². The van der Waals surface area contributed by atoms with Crippen LogP contribution in [-0.4, -0.2) is 15.0 Å². The molecule has 2 atom stereocenters. The highest BCUT2D eigenvalue weighted by atomic mass is 32.2. The summed E-state index contributed by atoms with van der Waals surface area (Å²) in [4.78, 5) is 0.164. The van der Waals surface area contributed by atoms with Crippen LogP contribution in [0.15, 0.2) is 29.2 Å². The van der Waals surface area contributed by atoms with Crippen molar-refractivity contribution in [2.45, 2.75) is 31.1 Å². The van der Waals surface area contributed by atoms with E-state index in [-0.39, 0.29) is 4.90 Å². The SMILES string of the molecule is CC1CCC(CNS(=O)(=O)c2cccc(C#N)c2)C1. The van der Waals surface area contributed by atoms with Crippen LogP contribution in [0.1, 0.15) is 31.7 Å². The molecule has 1 aliphatic rings. The monoisotopic (exact) mass is 278 g/mol. The Bertz CT molecular complexity index is 590. The summed E-state index contributed by atoms with van der Waals surface area (Å²) in [5, 5.41) is 8.79. The lowest BCUT2D eigenvalue weighted by Gasteiger charge is -2.11. The first kappa shape index (κ1) is 14.0. The van der Waals surface area contributed by atoms with E-state index in [2.05, 4.69) is 11.6 Å². The summed E-state index contributed by atoms with van der Waals surface area (Å²) in [7, 11) is -3.50. The molecule has 1 aromatic rings. The highest BCUT2D eigenvalue weighted by Gasteiger charge is 2.23. The molecule has 102 valence electrons. The van der Waals surface area contributed by atoms with Crippen molar-refractivity contribution in [2.75, 3.05) is 6.54 Å². The van der Waals surface area contributed by atoms with E-state index in [4.69, 9.17) is 5.26 Å². The summed E-state index contributed by atoms with van der Waals surface area (Å²) in [6.45, 7) is 2.69. The van der Waals surface area contributed by atoms with Gasteiger partial charge in [0.1, 0.15) is 0 Å². The number of nitrogens with one attached hydrogen (secondary N) is 1. The van der Waals surface area contributed by atoms with Gasteiger partial charge < -0.3 is 0 Å². The van der Waals surface area contributed by atoms with Crippen LogP contribution in [0.3, 0.4) is 0 Å². The van der Waals surface area contributed by atoms with Gasteiger partial charge in [0.15, 0.2) is 0 Å². The number of nitriles is 1. The van der Waals surface area contributed by atoms with Crippen LogP contribution < -0.4 is 4.72 Å². The minimum atomic E-state index is -3.50. The van der Waals surface area contributed by atoms with Crippen LogP contribution in [0.5, 0.6) is 0 Å². The Morgan fingerprint density at radius 1 is 1.42 bits per heavy atom. The molecule has 1 aliphatic carbocycles. The molecule has 1 saturated carbocycles. The van der Waals surface area contributed by atoms with E-state index in [9.17, 15) is 8.42 Å². The van der Waals surface area contributed by atoms with E-state index < -0.39 is 10.0 Å². The largest absolute Gasteiger partial charge is 0.240 e. The lowest BCUT2D eigenvalue weighted by Crippen LogP contribution is -2.28. The fourth-order valence-corrected chi connectivity index (χ4v) is 3.72. The van der Waals surface area contributed by atoms with Crippen LogP contribution in [0.4, 0.5) is 0 Å². The molecule has 0 saturated heterocycles. The highest BCUT2D eigenvalue weighted by molar-refractivity contribution is 7.89. The lowest BCUT2D eigenvalue weighted by atomic mass is 10.1. The van der Waals surface area contributed by atoms with Crippen molar-refractivity contribution >= 4 is 10.0 Å². The van der Waals surface area contributed by atoms with Gasteiger partial charge in [-0.1, -0.05) is 19.4 Å². The molecular weight excluding hydrogens is 260 g/mol. The van der Waals surface area contributed by atoms with Crippen molar-refractivity contribution in [1.82, 2.24) is 4.72 Å². The number of nitrogens with zero attached hydrogens (tertiary/aromatic N) is 1. The molecule has 0 heterocycles. The second-order valence-electron chi connectivity index (χ2n) is 5.28. The van der Waals surface area contributed by atoms with Crippen LogP contribution in [0.25, 0.3) is 0 Å². The molecule has 0 aromatic heterocycles. The third-order valence-electron chi connectivity index (χ3n) is 3.64. The first-order valence-electron chi connectivity index (χ1n) is 6.51. The standard InChI is InChI=1S/C14H18N2O2S/c1-11-5-6-13(7-11)10-16-19(17,18)14-4-2-3-12(8-14)9-15/h2-4,8,11,13,16H,5-7,10H2,1H3. The first-order chi connectivity index (χ1) is 9.01. The Kier molecular flexibility index (Phi) is 4.23. The minimum Gasteiger partial charge on any atom is -0.211 e. The van der Waals surface area contributed by atoms with Gasteiger partial charge in [-0.15, -0.1) is 0 Å². The van der Waals surface area contributed by atoms with Crippen LogP contribution >= 0.6 is 0 Å². The van der Waals surface area contributed by atoms with Gasteiger partial charge >= 0.3 is 0 Å². The van der Waals surface area contributed by atoms with Crippen LogP contribution in [-0.2, 0) is 10.0 Å². The molecule has 1 aromatic carbocycles. The van der Waals surface area contributed by atoms with Crippen molar-refractivity contribution in [2.24, 2.45) is 11.8 Å². The average Bonchev–Trinajstić information content (AvgIpc) is 2.82.